The van der Waals surface area contributed by atoms with Gasteiger partial charge in [0.25, 0.3) is 0 Å². The van der Waals surface area contributed by atoms with Crippen LogP contribution in [0.25, 0.3) is 0 Å². The van der Waals surface area contributed by atoms with Gasteiger partial charge in [0, 0.05) is 0 Å². The van der Waals surface area contributed by atoms with E-state index in [1.165, 1.54) is 32.1 Å². The molecule has 0 aromatic rings. The van der Waals surface area contributed by atoms with Gasteiger partial charge >= 0.3 is 0 Å². The molecule has 1 nitrogen and oxygen atoms in total. The van der Waals surface area contributed by atoms with Gasteiger partial charge in [0.05, 0.1) is 6.07 Å². The second-order valence-corrected chi connectivity index (χ2v) is 7.26. The Morgan fingerprint density at radius 1 is 1.13 bits per heavy atom. The summed E-state index contributed by atoms with van der Waals surface area (Å²) in [6, 6.07) is 2.61. The Balaban J connectivity index is 2.71. The molecule has 1 rings (SSSR count). The molecule has 0 saturated heterocycles. The fourth-order valence-corrected chi connectivity index (χ4v) is 5.31. The van der Waals surface area contributed by atoms with E-state index < -0.39 is 0 Å². The van der Waals surface area contributed by atoms with E-state index in [2.05, 4.69) is 19.9 Å². The van der Waals surface area contributed by atoms with Crippen molar-refractivity contribution in [3.8, 4) is 6.07 Å². The zero-order valence-electron chi connectivity index (χ0n) is 9.79. The van der Waals surface area contributed by atoms with Gasteiger partial charge in [-0.3, -0.25) is 0 Å². The Kier molecular flexibility index (Phi) is 5.92. The number of nitriles is 1. The van der Waals surface area contributed by atoms with Crippen molar-refractivity contribution in [1.82, 2.24) is 0 Å². The third-order valence-corrected chi connectivity index (χ3v) is 6.01. The van der Waals surface area contributed by atoms with Crippen LogP contribution in [0.1, 0.15) is 46.0 Å². The van der Waals surface area contributed by atoms with Crippen molar-refractivity contribution >= 4 is 23.5 Å². The molecule has 3 heteroatoms. The van der Waals surface area contributed by atoms with Gasteiger partial charge in [-0.2, -0.15) is 5.26 Å². The van der Waals surface area contributed by atoms with Crippen molar-refractivity contribution in [1.29, 1.82) is 5.26 Å². The third-order valence-electron chi connectivity index (χ3n) is 3.02. The minimum Gasteiger partial charge on any atom is -0.196 e. The zero-order valence-corrected chi connectivity index (χ0v) is 11.4. The van der Waals surface area contributed by atoms with Crippen LogP contribution in [0.15, 0.2) is 0 Å². The molecule has 0 heterocycles. The Hall–Kier alpha value is 0.190. The van der Waals surface area contributed by atoms with Crippen molar-refractivity contribution in [2.75, 3.05) is 11.5 Å². The number of thioether (sulfide) groups is 2. The van der Waals surface area contributed by atoms with E-state index in [0.717, 1.165) is 11.5 Å². The fourth-order valence-electron chi connectivity index (χ4n) is 2.34. The van der Waals surface area contributed by atoms with Crippen LogP contribution in [-0.4, -0.2) is 15.6 Å². The van der Waals surface area contributed by atoms with Crippen LogP contribution in [0.5, 0.6) is 0 Å². The maximum Gasteiger partial charge on any atom is 0.151 e. The molecule has 0 bridgehead atoms. The molecule has 0 aliphatic heterocycles. The molecular weight excluding hydrogens is 222 g/mol. The maximum absolute atomic E-state index is 9.50. The summed E-state index contributed by atoms with van der Waals surface area (Å²) >= 11 is 3.71. The minimum absolute atomic E-state index is 0.149. The molecule has 0 aromatic carbocycles. The van der Waals surface area contributed by atoms with Gasteiger partial charge in [-0.05, 0) is 30.3 Å². The number of nitrogens with zero attached hydrogens (tertiary/aromatic N) is 1. The van der Waals surface area contributed by atoms with Crippen LogP contribution >= 0.6 is 23.5 Å². The summed E-state index contributed by atoms with van der Waals surface area (Å²) in [5.74, 6) is 2.72. The van der Waals surface area contributed by atoms with Crippen LogP contribution < -0.4 is 0 Å². The highest BCUT2D eigenvalue weighted by Crippen LogP contribution is 2.48. The molecule has 0 N–H and O–H groups in total. The predicted octanol–water partition coefficient (Wildman–Crippen LogP) is 4.29. The largest absolute Gasteiger partial charge is 0.196 e. The molecule has 0 radical (unpaired) electrons. The monoisotopic (exact) mass is 243 g/mol. The highest BCUT2D eigenvalue weighted by molar-refractivity contribution is 8.18. The van der Waals surface area contributed by atoms with Gasteiger partial charge in [-0.1, -0.05) is 33.1 Å². The van der Waals surface area contributed by atoms with E-state index in [9.17, 15) is 5.26 Å². The fraction of sp³-hybridized carbons (Fsp3) is 0.917. The number of rotatable bonds is 5. The van der Waals surface area contributed by atoms with Crippen LogP contribution in [0.2, 0.25) is 0 Å². The van der Waals surface area contributed by atoms with E-state index in [1.54, 1.807) is 0 Å². The first-order chi connectivity index (χ1) is 7.29. The lowest BCUT2D eigenvalue weighted by Gasteiger charge is -2.36. The molecule has 86 valence electrons. The molecule has 1 fully saturated rings. The highest BCUT2D eigenvalue weighted by Gasteiger charge is 2.39. The summed E-state index contributed by atoms with van der Waals surface area (Å²) in [6.45, 7) is 4.33. The second-order valence-electron chi connectivity index (χ2n) is 3.98. The van der Waals surface area contributed by atoms with Crippen molar-refractivity contribution < 1.29 is 0 Å². The summed E-state index contributed by atoms with van der Waals surface area (Å²) in [7, 11) is 0. The van der Waals surface area contributed by atoms with Gasteiger partial charge in [0.1, 0.15) is 0 Å². The maximum atomic E-state index is 9.50. The van der Waals surface area contributed by atoms with Crippen LogP contribution in [0.4, 0.5) is 0 Å². The average Bonchev–Trinajstić information content (AvgIpc) is 2.30. The molecule has 0 atom stereocenters. The van der Waals surface area contributed by atoms with Crippen molar-refractivity contribution in [2.24, 2.45) is 5.92 Å². The van der Waals surface area contributed by atoms with Gasteiger partial charge in [0.2, 0.25) is 0 Å². The Labute approximate surface area is 102 Å². The standard InChI is InChI=1S/C12H21NS2/c1-3-14-12(10-13,15-4-2)11-8-6-5-7-9-11/h11H,3-9H2,1-2H3. The lowest BCUT2D eigenvalue weighted by Crippen LogP contribution is -2.31. The topological polar surface area (TPSA) is 23.8 Å². The lowest BCUT2D eigenvalue weighted by atomic mass is 9.87. The molecular formula is C12H21NS2. The van der Waals surface area contributed by atoms with Crippen molar-refractivity contribution in [2.45, 2.75) is 50.0 Å². The molecule has 1 aliphatic carbocycles. The molecule has 0 unspecified atom stereocenters. The quantitative estimate of drug-likeness (QED) is 0.673. The lowest BCUT2D eigenvalue weighted by molar-refractivity contribution is 0.358. The van der Waals surface area contributed by atoms with E-state index >= 15 is 0 Å². The normalized spacial score (nSPS) is 18.7. The minimum atomic E-state index is -0.149. The van der Waals surface area contributed by atoms with Gasteiger partial charge in [0.15, 0.2) is 4.08 Å². The third kappa shape index (κ3) is 3.32. The van der Waals surface area contributed by atoms with Crippen LogP contribution in [-0.2, 0) is 0 Å². The highest BCUT2D eigenvalue weighted by atomic mass is 32.2. The molecule has 0 spiro atoms. The molecule has 0 amide bonds. The smallest absolute Gasteiger partial charge is 0.151 e. The molecule has 1 aliphatic rings. The Bertz CT molecular complexity index is 210. The molecule has 1 saturated carbocycles. The van der Waals surface area contributed by atoms with Crippen LogP contribution in [0, 0.1) is 17.2 Å². The van der Waals surface area contributed by atoms with Gasteiger partial charge < -0.3 is 0 Å². The SMILES string of the molecule is CCSC(C#N)(SCC)C1CCCCC1. The van der Waals surface area contributed by atoms with Gasteiger partial charge in [-0.15, -0.1) is 23.5 Å². The average molecular weight is 243 g/mol. The second kappa shape index (κ2) is 6.70. The first kappa shape index (κ1) is 13.3. The first-order valence-corrected chi connectivity index (χ1v) is 7.95. The van der Waals surface area contributed by atoms with E-state index in [-0.39, 0.29) is 4.08 Å². The molecule has 15 heavy (non-hydrogen) atoms. The molecule has 0 aromatic heterocycles. The summed E-state index contributed by atoms with van der Waals surface area (Å²) in [6.07, 6.45) is 6.53. The van der Waals surface area contributed by atoms with E-state index in [0.29, 0.717) is 5.92 Å². The number of hydrogen-bond acceptors (Lipinski definition) is 3. The summed E-state index contributed by atoms with van der Waals surface area (Å²) in [4.78, 5) is 0. The number of hydrogen-bond donors (Lipinski definition) is 0. The zero-order chi connectivity index (χ0) is 11.1. The summed E-state index contributed by atoms with van der Waals surface area (Å²) in [5, 5.41) is 9.50. The Morgan fingerprint density at radius 3 is 2.07 bits per heavy atom. The van der Waals surface area contributed by atoms with E-state index in [1.807, 2.05) is 23.5 Å². The van der Waals surface area contributed by atoms with E-state index in [4.69, 9.17) is 0 Å². The van der Waals surface area contributed by atoms with Crippen molar-refractivity contribution in [3.63, 3.8) is 0 Å². The Morgan fingerprint density at radius 2 is 1.67 bits per heavy atom. The van der Waals surface area contributed by atoms with Crippen molar-refractivity contribution in [3.05, 3.63) is 0 Å². The van der Waals surface area contributed by atoms with Crippen LogP contribution in [0.3, 0.4) is 0 Å². The predicted molar refractivity (Wildman–Crippen MR) is 71.2 cm³/mol. The first-order valence-electron chi connectivity index (χ1n) is 5.98. The van der Waals surface area contributed by atoms with Gasteiger partial charge in [-0.25, -0.2) is 0 Å². The summed E-state index contributed by atoms with van der Waals surface area (Å²) < 4.78 is -0.149. The summed E-state index contributed by atoms with van der Waals surface area (Å²) in [5.41, 5.74) is 0.